The van der Waals surface area contributed by atoms with Crippen molar-refractivity contribution in [2.75, 3.05) is 0 Å². The van der Waals surface area contributed by atoms with Crippen molar-refractivity contribution in [3.63, 3.8) is 0 Å². The molecule has 1 aliphatic heterocycles. The van der Waals surface area contributed by atoms with Crippen molar-refractivity contribution in [1.29, 1.82) is 0 Å². The van der Waals surface area contributed by atoms with Gasteiger partial charge >= 0.3 is 0 Å². The number of carbonyl (C=O) groups excluding carboxylic acids is 3. The number of carbonyl (C=O) groups is 3. The first-order valence-electron chi connectivity index (χ1n) is 5.83. The zero-order valence-electron chi connectivity index (χ0n) is 9.87. The van der Waals surface area contributed by atoms with Crippen LogP contribution in [-0.2, 0) is 9.59 Å². The van der Waals surface area contributed by atoms with Crippen molar-refractivity contribution in [3.05, 3.63) is 29.7 Å². The lowest BCUT2D eigenvalue weighted by Crippen LogP contribution is -2.39. The molecular weight excluding hydrogens is 248 g/mol. The number of amides is 2. The van der Waals surface area contributed by atoms with Gasteiger partial charge in [0.1, 0.15) is 0 Å². The third-order valence-corrected chi connectivity index (χ3v) is 3.21. The number of imide groups is 1. The molecule has 3 heterocycles. The summed E-state index contributed by atoms with van der Waals surface area (Å²) in [6, 6.07) is 3.49. The highest BCUT2D eigenvalue weighted by molar-refractivity contribution is 6.01. The number of hydrogen-bond donors (Lipinski definition) is 1. The zero-order chi connectivity index (χ0) is 13.4. The van der Waals surface area contributed by atoms with Gasteiger partial charge in [0.05, 0.1) is 5.92 Å². The molecule has 2 aromatic heterocycles. The van der Waals surface area contributed by atoms with Crippen LogP contribution in [0, 0.1) is 0 Å². The van der Waals surface area contributed by atoms with E-state index in [1.807, 2.05) is 0 Å². The van der Waals surface area contributed by atoms with Gasteiger partial charge in [0.15, 0.2) is 11.9 Å². The summed E-state index contributed by atoms with van der Waals surface area (Å²) in [6.07, 6.45) is 3.00. The van der Waals surface area contributed by atoms with Crippen LogP contribution in [0.5, 0.6) is 0 Å². The maximum Gasteiger partial charge on any atom is 0.234 e. The molecular formula is C12H10N4O3. The number of nitrogens with zero attached hydrogens (tertiary/aromatic N) is 3. The fourth-order valence-corrected chi connectivity index (χ4v) is 2.30. The van der Waals surface area contributed by atoms with E-state index < -0.39 is 5.92 Å². The van der Waals surface area contributed by atoms with Crippen molar-refractivity contribution in [2.24, 2.45) is 0 Å². The Kier molecular flexibility index (Phi) is 2.59. The average molecular weight is 258 g/mol. The average Bonchev–Trinajstić information content (AvgIpc) is 2.82. The van der Waals surface area contributed by atoms with Crippen LogP contribution < -0.4 is 5.32 Å². The van der Waals surface area contributed by atoms with Crippen molar-refractivity contribution in [3.8, 4) is 0 Å². The van der Waals surface area contributed by atoms with Crippen LogP contribution in [0.4, 0.5) is 0 Å². The number of aldehydes is 1. The van der Waals surface area contributed by atoms with Crippen LogP contribution >= 0.6 is 0 Å². The smallest absolute Gasteiger partial charge is 0.234 e. The van der Waals surface area contributed by atoms with E-state index >= 15 is 0 Å². The standard InChI is InChI=1S/C12H10N4O3/c17-6-9-14-15-11-7(2-1-5-16(9)11)8-3-4-10(18)13-12(8)19/h1-2,5-6,8H,3-4H2,(H,13,18,19). The molecule has 0 aliphatic carbocycles. The van der Waals surface area contributed by atoms with Crippen LogP contribution in [0.2, 0.25) is 0 Å². The van der Waals surface area contributed by atoms with Gasteiger partial charge in [-0.2, -0.15) is 0 Å². The topological polar surface area (TPSA) is 93.4 Å². The Hall–Kier alpha value is -2.57. The summed E-state index contributed by atoms with van der Waals surface area (Å²) in [4.78, 5) is 33.8. The predicted octanol–water partition coefficient (Wildman–Crippen LogP) is 0.0620. The second-order valence-corrected chi connectivity index (χ2v) is 4.34. The first-order valence-corrected chi connectivity index (χ1v) is 5.83. The third-order valence-electron chi connectivity index (χ3n) is 3.21. The summed E-state index contributed by atoms with van der Waals surface area (Å²) >= 11 is 0. The molecule has 1 fully saturated rings. The molecule has 1 N–H and O–H groups in total. The lowest BCUT2D eigenvalue weighted by atomic mass is 9.91. The van der Waals surface area contributed by atoms with Crippen LogP contribution in [0.1, 0.15) is 34.9 Å². The van der Waals surface area contributed by atoms with E-state index in [0.717, 1.165) is 0 Å². The molecule has 1 unspecified atom stereocenters. The van der Waals surface area contributed by atoms with Gasteiger partial charge in [-0.25, -0.2) is 0 Å². The van der Waals surface area contributed by atoms with Gasteiger partial charge in [0.2, 0.25) is 17.6 Å². The number of aromatic nitrogens is 3. The number of rotatable bonds is 2. The summed E-state index contributed by atoms with van der Waals surface area (Å²) < 4.78 is 1.53. The Balaban J connectivity index is 2.10. The summed E-state index contributed by atoms with van der Waals surface area (Å²) in [6.45, 7) is 0. The highest BCUT2D eigenvalue weighted by Crippen LogP contribution is 2.27. The molecule has 96 valence electrons. The van der Waals surface area contributed by atoms with E-state index in [9.17, 15) is 14.4 Å². The SMILES string of the molecule is O=Cc1nnc2c(C3CCC(=O)NC3=O)cccn12. The first-order chi connectivity index (χ1) is 9.20. The van der Waals surface area contributed by atoms with E-state index in [0.29, 0.717) is 30.3 Å². The summed E-state index contributed by atoms with van der Waals surface area (Å²) in [5, 5.41) is 10.00. The molecule has 7 nitrogen and oxygen atoms in total. The first kappa shape index (κ1) is 11.5. The summed E-state index contributed by atoms with van der Waals surface area (Å²) in [5.41, 5.74) is 1.15. The lowest BCUT2D eigenvalue weighted by Gasteiger charge is -2.21. The van der Waals surface area contributed by atoms with Crippen LogP contribution in [0.15, 0.2) is 18.3 Å². The van der Waals surface area contributed by atoms with Crippen molar-refractivity contribution >= 4 is 23.7 Å². The fraction of sp³-hybridized carbons (Fsp3) is 0.250. The monoisotopic (exact) mass is 258 g/mol. The van der Waals surface area contributed by atoms with Crippen molar-refractivity contribution < 1.29 is 14.4 Å². The lowest BCUT2D eigenvalue weighted by molar-refractivity contribution is -0.134. The predicted molar refractivity (Wildman–Crippen MR) is 63.5 cm³/mol. The molecule has 2 amide bonds. The largest absolute Gasteiger partial charge is 0.296 e. The van der Waals surface area contributed by atoms with E-state index in [1.165, 1.54) is 4.40 Å². The molecule has 1 atom stereocenters. The maximum absolute atomic E-state index is 11.9. The molecule has 2 aromatic rings. The molecule has 0 saturated carbocycles. The molecule has 7 heteroatoms. The highest BCUT2D eigenvalue weighted by Gasteiger charge is 2.30. The molecule has 0 radical (unpaired) electrons. The van der Waals surface area contributed by atoms with E-state index in [2.05, 4.69) is 15.5 Å². The second-order valence-electron chi connectivity index (χ2n) is 4.34. The normalized spacial score (nSPS) is 19.5. The third kappa shape index (κ3) is 1.79. The second kappa shape index (κ2) is 4.27. The Morgan fingerprint density at radius 3 is 2.95 bits per heavy atom. The van der Waals surface area contributed by atoms with Gasteiger partial charge in [0.25, 0.3) is 0 Å². The van der Waals surface area contributed by atoms with E-state index in [-0.39, 0.29) is 17.6 Å². The molecule has 0 bridgehead atoms. The van der Waals surface area contributed by atoms with Gasteiger partial charge in [-0.15, -0.1) is 10.2 Å². The van der Waals surface area contributed by atoms with Crippen LogP contribution in [0.25, 0.3) is 5.65 Å². The Labute approximate surface area is 107 Å². The van der Waals surface area contributed by atoms with Gasteiger partial charge in [-0.3, -0.25) is 24.1 Å². The van der Waals surface area contributed by atoms with Crippen molar-refractivity contribution in [2.45, 2.75) is 18.8 Å². The number of hydrogen-bond acceptors (Lipinski definition) is 5. The minimum absolute atomic E-state index is 0.184. The van der Waals surface area contributed by atoms with Gasteiger partial charge in [-0.05, 0) is 12.5 Å². The minimum Gasteiger partial charge on any atom is -0.296 e. The van der Waals surface area contributed by atoms with E-state index in [4.69, 9.17) is 0 Å². The number of nitrogens with one attached hydrogen (secondary N) is 1. The van der Waals surface area contributed by atoms with Crippen LogP contribution in [-0.4, -0.2) is 32.7 Å². The van der Waals surface area contributed by atoms with Gasteiger partial charge < -0.3 is 0 Å². The Morgan fingerprint density at radius 1 is 1.37 bits per heavy atom. The van der Waals surface area contributed by atoms with Gasteiger partial charge in [-0.1, -0.05) is 6.07 Å². The Morgan fingerprint density at radius 2 is 2.21 bits per heavy atom. The summed E-state index contributed by atoms with van der Waals surface area (Å²) in [5.74, 6) is -0.850. The van der Waals surface area contributed by atoms with Crippen LogP contribution in [0.3, 0.4) is 0 Å². The molecule has 1 saturated heterocycles. The van der Waals surface area contributed by atoms with Crippen molar-refractivity contribution in [1.82, 2.24) is 19.9 Å². The number of pyridine rings is 1. The number of fused-ring (bicyclic) bond motifs is 1. The zero-order valence-corrected chi connectivity index (χ0v) is 9.87. The molecule has 3 rings (SSSR count). The minimum atomic E-state index is -0.440. The molecule has 1 aliphatic rings. The molecule has 19 heavy (non-hydrogen) atoms. The number of piperidine rings is 1. The maximum atomic E-state index is 11.9. The summed E-state index contributed by atoms with van der Waals surface area (Å²) in [7, 11) is 0. The fourth-order valence-electron chi connectivity index (χ4n) is 2.30. The molecule has 0 spiro atoms. The van der Waals surface area contributed by atoms with Gasteiger partial charge in [0, 0.05) is 18.2 Å². The highest BCUT2D eigenvalue weighted by atomic mass is 16.2. The molecule has 0 aromatic carbocycles. The van der Waals surface area contributed by atoms with E-state index in [1.54, 1.807) is 18.3 Å². The Bertz CT molecular complexity index is 691. The quantitative estimate of drug-likeness (QED) is 0.607.